The van der Waals surface area contributed by atoms with Crippen LogP contribution in [0, 0.1) is 5.41 Å². The van der Waals surface area contributed by atoms with Gasteiger partial charge in [0, 0.05) is 17.5 Å². The number of anilines is 1. The minimum absolute atomic E-state index is 0.0163. The van der Waals surface area contributed by atoms with Crippen molar-refractivity contribution in [2.75, 3.05) is 18.5 Å². The van der Waals surface area contributed by atoms with E-state index in [2.05, 4.69) is 15.3 Å². The van der Waals surface area contributed by atoms with Crippen LogP contribution in [0.2, 0.25) is 5.15 Å². The van der Waals surface area contributed by atoms with E-state index in [1.165, 1.54) is 19.2 Å². The third kappa shape index (κ3) is 2.75. The fourth-order valence-corrected chi connectivity index (χ4v) is 2.91. The molecule has 1 aromatic heterocycles. The molecule has 0 atom stereocenters. The molecule has 0 amide bonds. The number of aromatic nitrogens is 2. The van der Waals surface area contributed by atoms with E-state index in [1.807, 2.05) is 6.92 Å². The second-order valence-electron chi connectivity index (χ2n) is 5.06. The molecule has 0 aromatic carbocycles. The molecule has 0 unspecified atom stereocenters. The molecule has 1 heterocycles. The van der Waals surface area contributed by atoms with Gasteiger partial charge in [-0.2, -0.15) is 0 Å². The van der Waals surface area contributed by atoms with E-state index >= 15 is 0 Å². The lowest BCUT2D eigenvalue weighted by Gasteiger charge is -2.27. The van der Waals surface area contributed by atoms with Crippen LogP contribution in [0.15, 0.2) is 6.33 Å². The van der Waals surface area contributed by atoms with Crippen molar-refractivity contribution in [3.05, 3.63) is 17.0 Å². The molecule has 1 aliphatic rings. The van der Waals surface area contributed by atoms with Gasteiger partial charge >= 0.3 is 0 Å². The Morgan fingerprint density at radius 3 is 2.72 bits per heavy atom. The molecule has 1 saturated carbocycles. The van der Waals surface area contributed by atoms with Crippen molar-refractivity contribution in [2.24, 2.45) is 5.41 Å². The maximum Gasteiger partial charge on any atom is 0.137 e. The largest absolute Gasteiger partial charge is 0.396 e. The van der Waals surface area contributed by atoms with Crippen LogP contribution in [0.1, 0.15) is 38.2 Å². The van der Waals surface area contributed by atoms with Crippen molar-refractivity contribution in [2.45, 2.75) is 39.0 Å². The van der Waals surface area contributed by atoms with Crippen LogP contribution < -0.4 is 5.32 Å². The van der Waals surface area contributed by atoms with E-state index in [9.17, 15) is 5.11 Å². The first kappa shape index (κ1) is 13.6. The van der Waals surface area contributed by atoms with Crippen molar-refractivity contribution in [3.63, 3.8) is 0 Å². The highest BCUT2D eigenvalue weighted by Gasteiger charge is 2.33. The number of aliphatic hydroxyl groups excluding tert-OH is 1. The second kappa shape index (κ2) is 5.85. The Balaban J connectivity index is 2.08. The lowest BCUT2D eigenvalue weighted by atomic mass is 9.87. The van der Waals surface area contributed by atoms with Crippen molar-refractivity contribution >= 4 is 17.4 Å². The minimum atomic E-state index is 0.0163. The fraction of sp³-hybridized carbons (Fsp3) is 0.692. The molecule has 5 heteroatoms. The second-order valence-corrected chi connectivity index (χ2v) is 5.42. The van der Waals surface area contributed by atoms with Gasteiger partial charge in [-0.15, -0.1) is 0 Å². The van der Waals surface area contributed by atoms with Crippen LogP contribution in [-0.4, -0.2) is 28.2 Å². The quantitative estimate of drug-likeness (QED) is 0.807. The predicted octanol–water partition coefficient (Wildman–Crippen LogP) is 2.66. The van der Waals surface area contributed by atoms with Crippen molar-refractivity contribution in [3.8, 4) is 0 Å². The fourth-order valence-electron chi connectivity index (χ4n) is 2.64. The molecule has 0 saturated heterocycles. The van der Waals surface area contributed by atoms with Crippen LogP contribution in [0.25, 0.3) is 0 Å². The minimum Gasteiger partial charge on any atom is -0.396 e. The first-order chi connectivity index (χ1) is 8.71. The monoisotopic (exact) mass is 269 g/mol. The Bertz CT molecular complexity index is 405. The van der Waals surface area contributed by atoms with Gasteiger partial charge in [0.25, 0.3) is 0 Å². The normalized spacial score (nSPS) is 17.9. The van der Waals surface area contributed by atoms with Crippen LogP contribution in [0.4, 0.5) is 5.82 Å². The summed E-state index contributed by atoms with van der Waals surface area (Å²) in [6.07, 6.45) is 6.84. The van der Waals surface area contributed by atoms with Crippen LogP contribution >= 0.6 is 11.6 Å². The summed E-state index contributed by atoms with van der Waals surface area (Å²) in [4.78, 5) is 8.24. The van der Waals surface area contributed by atoms with E-state index in [0.29, 0.717) is 5.15 Å². The average molecular weight is 270 g/mol. The van der Waals surface area contributed by atoms with Crippen LogP contribution in [0.3, 0.4) is 0 Å². The standard InChI is InChI=1S/C13H20ClN3O/c1-2-10-11(14)16-9-17-12(10)15-7-13(8-18)5-3-4-6-13/h9,18H,2-8H2,1H3,(H,15,16,17). The summed E-state index contributed by atoms with van der Waals surface area (Å²) >= 11 is 6.05. The number of nitrogens with one attached hydrogen (secondary N) is 1. The lowest BCUT2D eigenvalue weighted by Crippen LogP contribution is -2.31. The molecule has 1 aliphatic carbocycles. The Morgan fingerprint density at radius 2 is 2.11 bits per heavy atom. The molecule has 0 radical (unpaired) electrons. The summed E-state index contributed by atoms with van der Waals surface area (Å²) in [6.45, 7) is 3.03. The van der Waals surface area contributed by atoms with Gasteiger partial charge in [-0.25, -0.2) is 9.97 Å². The Hall–Kier alpha value is -0.870. The molecule has 0 bridgehead atoms. The van der Waals surface area contributed by atoms with E-state index < -0.39 is 0 Å². The number of hydrogen-bond donors (Lipinski definition) is 2. The summed E-state index contributed by atoms with van der Waals surface area (Å²) in [5, 5.41) is 13.4. The molecule has 100 valence electrons. The topological polar surface area (TPSA) is 58.0 Å². The maximum atomic E-state index is 9.58. The molecular weight excluding hydrogens is 250 g/mol. The van der Waals surface area contributed by atoms with Crippen LogP contribution in [-0.2, 0) is 6.42 Å². The molecule has 0 spiro atoms. The molecule has 2 N–H and O–H groups in total. The highest BCUT2D eigenvalue weighted by Crippen LogP contribution is 2.37. The summed E-state index contributed by atoms with van der Waals surface area (Å²) in [7, 11) is 0. The number of nitrogens with zero attached hydrogens (tertiary/aromatic N) is 2. The number of hydrogen-bond acceptors (Lipinski definition) is 4. The molecule has 1 aromatic rings. The molecule has 0 aliphatic heterocycles. The Kier molecular flexibility index (Phi) is 4.40. The van der Waals surface area contributed by atoms with Crippen molar-refractivity contribution in [1.82, 2.24) is 9.97 Å². The Labute approximate surface area is 113 Å². The van der Waals surface area contributed by atoms with Gasteiger partial charge in [-0.05, 0) is 19.3 Å². The summed E-state index contributed by atoms with van der Waals surface area (Å²) in [6, 6.07) is 0. The summed E-state index contributed by atoms with van der Waals surface area (Å²) in [5.74, 6) is 0.803. The van der Waals surface area contributed by atoms with Crippen molar-refractivity contribution in [1.29, 1.82) is 0 Å². The van der Waals surface area contributed by atoms with Crippen molar-refractivity contribution < 1.29 is 5.11 Å². The zero-order valence-corrected chi connectivity index (χ0v) is 11.5. The first-order valence-electron chi connectivity index (χ1n) is 6.55. The SMILES string of the molecule is CCc1c(Cl)ncnc1NCC1(CO)CCCC1. The highest BCUT2D eigenvalue weighted by atomic mass is 35.5. The van der Waals surface area contributed by atoms with Gasteiger partial charge in [0.1, 0.15) is 17.3 Å². The average Bonchev–Trinajstić information content (AvgIpc) is 2.86. The van der Waals surface area contributed by atoms with Gasteiger partial charge in [-0.1, -0.05) is 31.4 Å². The zero-order chi connectivity index (χ0) is 13.0. The van der Waals surface area contributed by atoms with Crippen LogP contribution in [0.5, 0.6) is 0 Å². The van der Waals surface area contributed by atoms with Gasteiger partial charge < -0.3 is 10.4 Å². The summed E-state index contributed by atoms with van der Waals surface area (Å²) < 4.78 is 0. The molecule has 2 rings (SSSR count). The number of halogens is 1. The van der Waals surface area contributed by atoms with Gasteiger partial charge in [-0.3, -0.25) is 0 Å². The maximum absolute atomic E-state index is 9.58. The number of rotatable bonds is 5. The van der Waals surface area contributed by atoms with Gasteiger partial charge in [0.15, 0.2) is 0 Å². The third-order valence-corrected chi connectivity index (χ3v) is 4.20. The van der Waals surface area contributed by atoms with Gasteiger partial charge in [0.05, 0.1) is 6.61 Å². The smallest absolute Gasteiger partial charge is 0.137 e. The molecular formula is C13H20ClN3O. The van der Waals surface area contributed by atoms with E-state index in [0.717, 1.165) is 37.2 Å². The highest BCUT2D eigenvalue weighted by molar-refractivity contribution is 6.30. The molecule has 4 nitrogen and oxygen atoms in total. The Morgan fingerprint density at radius 1 is 1.39 bits per heavy atom. The molecule has 18 heavy (non-hydrogen) atoms. The molecule has 1 fully saturated rings. The number of aliphatic hydroxyl groups is 1. The first-order valence-corrected chi connectivity index (χ1v) is 6.93. The predicted molar refractivity (Wildman–Crippen MR) is 72.9 cm³/mol. The summed E-state index contributed by atoms with van der Waals surface area (Å²) in [5.41, 5.74) is 0.966. The van der Waals surface area contributed by atoms with Gasteiger partial charge in [0.2, 0.25) is 0 Å². The van der Waals surface area contributed by atoms with E-state index in [1.54, 1.807) is 0 Å². The zero-order valence-electron chi connectivity index (χ0n) is 10.7. The van der Waals surface area contributed by atoms with E-state index in [4.69, 9.17) is 11.6 Å². The lowest BCUT2D eigenvalue weighted by molar-refractivity contribution is 0.142. The third-order valence-electron chi connectivity index (χ3n) is 3.88. The van der Waals surface area contributed by atoms with E-state index in [-0.39, 0.29) is 12.0 Å².